The molecule has 2 atom stereocenters. The highest BCUT2D eigenvalue weighted by molar-refractivity contribution is 7.09. The third-order valence-corrected chi connectivity index (χ3v) is 4.02. The van der Waals surface area contributed by atoms with E-state index >= 15 is 0 Å². The van der Waals surface area contributed by atoms with Gasteiger partial charge in [-0.3, -0.25) is 4.79 Å². The van der Waals surface area contributed by atoms with Crippen molar-refractivity contribution in [1.29, 1.82) is 0 Å². The highest BCUT2D eigenvalue weighted by Crippen LogP contribution is 2.29. The smallest absolute Gasteiger partial charge is 0.249 e. The summed E-state index contributed by atoms with van der Waals surface area (Å²) in [5.41, 5.74) is 0. The molecular weight excluding hydrogens is 246 g/mol. The highest BCUT2D eigenvalue weighted by Gasteiger charge is 2.24. The van der Waals surface area contributed by atoms with Gasteiger partial charge in [0, 0.05) is 17.3 Å². The molecule has 1 fully saturated rings. The van der Waals surface area contributed by atoms with Crippen LogP contribution in [-0.4, -0.2) is 24.7 Å². The molecule has 1 amide bonds. The lowest BCUT2D eigenvalue weighted by atomic mass is 10.2. The summed E-state index contributed by atoms with van der Waals surface area (Å²) in [5, 5.41) is 5.07. The second-order valence-corrected chi connectivity index (χ2v) is 6.14. The minimum Gasteiger partial charge on any atom is -0.368 e. The van der Waals surface area contributed by atoms with Crippen LogP contribution in [0.4, 0.5) is 0 Å². The molecule has 0 spiro atoms. The van der Waals surface area contributed by atoms with Crippen LogP contribution in [-0.2, 0) is 16.0 Å². The Morgan fingerprint density at radius 2 is 2.33 bits per heavy atom. The Hall–Kier alpha value is -0.870. The van der Waals surface area contributed by atoms with Crippen LogP contribution in [0.15, 0.2) is 17.5 Å². The van der Waals surface area contributed by atoms with E-state index in [2.05, 4.69) is 16.8 Å². The molecule has 1 saturated carbocycles. The Morgan fingerprint density at radius 1 is 1.56 bits per heavy atom. The standard InChI is InChI=1S/C14H21NO2S/c1-10(8-13-4-3-7-18-13)15-14(16)11(2)17-9-12-5-6-12/h3-4,7,10-12H,5-6,8-9H2,1-2H3,(H,15,16). The lowest BCUT2D eigenvalue weighted by molar-refractivity contribution is -0.132. The molecule has 4 heteroatoms. The van der Waals surface area contributed by atoms with Crippen LogP contribution in [0.1, 0.15) is 31.6 Å². The van der Waals surface area contributed by atoms with Crippen LogP contribution in [0.3, 0.4) is 0 Å². The van der Waals surface area contributed by atoms with Crippen LogP contribution >= 0.6 is 11.3 Å². The molecule has 18 heavy (non-hydrogen) atoms. The van der Waals surface area contributed by atoms with E-state index in [1.165, 1.54) is 17.7 Å². The topological polar surface area (TPSA) is 38.3 Å². The summed E-state index contributed by atoms with van der Waals surface area (Å²) in [7, 11) is 0. The number of rotatable bonds is 7. The monoisotopic (exact) mass is 267 g/mol. The van der Waals surface area contributed by atoms with Gasteiger partial charge in [0.05, 0.1) is 6.61 Å². The average Bonchev–Trinajstić information content (AvgIpc) is 3.03. The average molecular weight is 267 g/mol. The van der Waals surface area contributed by atoms with E-state index in [0.29, 0.717) is 5.92 Å². The molecule has 1 aromatic rings. The fourth-order valence-corrected chi connectivity index (χ4v) is 2.62. The summed E-state index contributed by atoms with van der Waals surface area (Å²) in [6.07, 6.45) is 3.06. The van der Waals surface area contributed by atoms with Crippen LogP contribution in [0.5, 0.6) is 0 Å². The minimum atomic E-state index is -0.337. The van der Waals surface area contributed by atoms with Crippen LogP contribution in [0.2, 0.25) is 0 Å². The highest BCUT2D eigenvalue weighted by atomic mass is 32.1. The largest absolute Gasteiger partial charge is 0.368 e. The first-order valence-corrected chi connectivity index (χ1v) is 7.47. The first kappa shape index (κ1) is 13.6. The van der Waals surface area contributed by atoms with Crippen LogP contribution in [0, 0.1) is 5.92 Å². The summed E-state index contributed by atoms with van der Waals surface area (Å²) in [6.45, 7) is 4.59. The number of carbonyl (C=O) groups excluding carboxylic acids is 1. The number of hydrogen-bond donors (Lipinski definition) is 1. The Balaban J connectivity index is 1.68. The molecule has 3 nitrogen and oxygen atoms in total. The molecular formula is C14H21NO2S. The van der Waals surface area contributed by atoms with Gasteiger partial charge in [0.1, 0.15) is 6.10 Å². The molecule has 1 aliphatic carbocycles. The minimum absolute atomic E-state index is 0.000272. The van der Waals surface area contributed by atoms with E-state index in [1.54, 1.807) is 11.3 Å². The molecule has 100 valence electrons. The van der Waals surface area contributed by atoms with E-state index in [4.69, 9.17) is 4.74 Å². The third kappa shape index (κ3) is 4.42. The molecule has 2 rings (SSSR count). The molecule has 2 unspecified atom stereocenters. The maximum absolute atomic E-state index is 11.9. The molecule has 0 bridgehead atoms. The van der Waals surface area contributed by atoms with Gasteiger partial charge in [-0.05, 0) is 44.1 Å². The van der Waals surface area contributed by atoms with Crippen molar-refractivity contribution < 1.29 is 9.53 Å². The summed E-state index contributed by atoms with van der Waals surface area (Å²) >= 11 is 1.73. The summed E-state index contributed by atoms with van der Waals surface area (Å²) in [4.78, 5) is 13.2. The van der Waals surface area contributed by atoms with Gasteiger partial charge in [0.2, 0.25) is 5.91 Å². The predicted octanol–water partition coefficient (Wildman–Crippen LogP) is 2.61. The first-order valence-electron chi connectivity index (χ1n) is 6.59. The van der Waals surface area contributed by atoms with Crippen LogP contribution in [0.25, 0.3) is 0 Å². The summed E-state index contributed by atoms with van der Waals surface area (Å²) < 4.78 is 5.55. The molecule has 0 saturated heterocycles. The van der Waals surface area contributed by atoms with Gasteiger partial charge in [-0.2, -0.15) is 0 Å². The van der Waals surface area contributed by atoms with Gasteiger partial charge in [0.15, 0.2) is 0 Å². The van der Waals surface area contributed by atoms with E-state index in [1.807, 2.05) is 19.9 Å². The van der Waals surface area contributed by atoms with Gasteiger partial charge in [-0.15, -0.1) is 11.3 Å². The molecule has 1 N–H and O–H groups in total. The summed E-state index contributed by atoms with van der Waals surface area (Å²) in [6, 6.07) is 4.29. The molecule has 1 aromatic heterocycles. The van der Waals surface area contributed by atoms with Crippen LogP contribution < -0.4 is 5.32 Å². The van der Waals surface area contributed by atoms with Crippen molar-refractivity contribution in [1.82, 2.24) is 5.32 Å². The van der Waals surface area contributed by atoms with E-state index in [9.17, 15) is 4.79 Å². The Bertz CT molecular complexity index is 373. The molecule has 0 aliphatic heterocycles. The third-order valence-electron chi connectivity index (χ3n) is 3.12. The van der Waals surface area contributed by atoms with Gasteiger partial charge in [-0.1, -0.05) is 6.07 Å². The number of ether oxygens (including phenoxy) is 1. The lowest BCUT2D eigenvalue weighted by Crippen LogP contribution is -2.41. The Labute approximate surface area is 113 Å². The first-order chi connectivity index (χ1) is 8.65. The lowest BCUT2D eigenvalue weighted by Gasteiger charge is -2.17. The number of thiophene rings is 1. The number of carbonyl (C=O) groups is 1. The predicted molar refractivity (Wildman–Crippen MR) is 73.8 cm³/mol. The quantitative estimate of drug-likeness (QED) is 0.824. The van der Waals surface area contributed by atoms with Crippen molar-refractivity contribution >= 4 is 17.2 Å². The molecule has 1 aliphatic rings. The SMILES string of the molecule is CC(Cc1cccs1)NC(=O)C(C)OCC1CC1. The molecule has 1 heterocycles. The van der Waals surface area contributed by atoms with Gasteiger partial charge in [-0.25, -0.2) is 0 Å². The Kier molecular flexibility index (Phi) is 4.78. The van der Waals surface area contributed by atoms with Gasteiger partial charge in [0.25, 0.3) is 0 Å². The maximum Gasteiger partial charge on any atom is 0.249 e. The zero-order valence-electron chi connectivity index (χ0n) is 11.0. The van der Waals surface area contributed by atoms with Crippen molar-refractivity contribution in [3.63, 3.8) is 0 Å². The van der Waals surface area contributed by atoms with E-state index < -0.39 is 0 Å². The van der Waals surface area contributed by atoms with E-state index in [0.717, 1.165) is 13.0 Å². The van der Waals surface area contributed by atoms with Crippen molar-refractivity contribution in [2.45, 2.75) is 45.3 Å². The van der Waals surface area contributed by atoms with E-state index in [-0.39, 0.29) is 18.1 Å². The molecule has 0 aromatic carbocycles. The zero-order valence-corrected chi connectivity index (χ0v) is 11.8. The van der Waals surface area contributed by atoms with Gasteiger partial charge >= 0.3 is 0 Å². The second-order valence-electron chi connectivity index (χ2n) is 5.11. The van der Waals surface area contributed by atoms with Crippen molar-refractivity contribution in [2.75, 3.05) is 6.61 Å². The van der Waals surface area contributed by atoms with Crippen molar-refractivity contribution in [2.24, 2.45) is 5.92 Å². The van der Waals surface area contributed by atoms with Crippen molar-refractivity contribution in [3.05, 3.63) is 22.4 Å². The number of amides is 1. The zero-order chi connectivity index (χ0) is 13.0. The maximum atomic E-state index is 11.9. The summed E-state index contributed by atoms with van der Waals surface area (Å²) in [5.74, 6) is 0.698. The fourth-order valence-electron chi connectivity index (χ4n) is 1.78. The van der Waals surface area contributed by atoms with Crippen molar-refractivity contribution in [3.8, 4) is 0 Å². The van der Waals surface area contributed by atoms with Gasteiger partial charge < -0.3 is 10.1 Å². The number of hydrogen-bond acceptors (Lipinski definition) is 3. The number of nitrogens with one attached hydrogen (secondary N) is 1. The normalized spacial score (nSPS) is 18.3. The second kappa shape index (κ2) is 6.34. The molecule has 0 radical (unpaired) electrons. The fraction of sp³-hybridized carbons (Fsp3) is 0.643. The Morgan fingerprint density at radius 3 is 2.94 bits per heavy atom.